The summed E-state index contributed by atoms with van der Waals surface area (Å²) in [5, 5.41) is 17.1. The van der Waals surface area contributed by atoms with E-state index in [-0.39, 0.29) is 13.1 Å². The number of piperidine rings is 1. The minimum Gasteiger partial charge on any atom is -0.397 e. The Balaban J connectivity index is 1.24. The van der Waals surface area contributed by atoms with Gasteiger partial charge in [0.15, 0.2) is 5.82 Å². The molecule has 1 aliphatic heterocycles. The molecule has 0 radical (unpaired) electrons. The molecule has 4 heterocycles. The summed E-state index contributed by atoms with van der Waals surface area (Å²) >= 11 is 1.71. The third-order valence-electron chi connectivity index (χ3n) is 6.31. The molecule has 1 aliphatic rings. The average molecular weight is 510 g/mol. The lowest BCUT2D eigenvalue weighted by Crippen LogP contribution is -2.36. The van der Waals surface area contributed by atoms with E-state index < -0.39 is 6.10 Å². The van der Waals surface area contributed by atoms with Crippen LogP contribution >= 0.6 is 11.3 Å². The number of aromatic nitrogens is 3. The van der Waals surface area contributed by atoms with Crippen molar-refractivity contribution in [1.82, 2.24) is 25.2 Å². The predicted octanol–water partition coefficient (Wildman–Crippen LogP) is 1.97. The number of pyridine rings is 2. The Morgan fingerprint density at radius 1 is 1.25 bits per heavy atom. The molecule has 1 atom stereocenters. The fraction of sp³-hybridized carbons (Fsp3) is 0.400. The van der Waals surface area contributed by atoms with Crippen LogP contribution in [0, 0.1) is 5.92 Å². The molecule has 0 aromatic carbocycles. The summed E-state index contributed by atoms with van der Waals surface area (Å²) in [5.41, 5.74) is 20.6. The van der Waals surface area contributed by atoms with E-state index in [0.29, 0.717) is 34.5 Å². The number of nitrogen functional groups attached to an aromatic ring is 2. The van der Waals surface area contributed by atoms with E-state index in [9.17, 15) is 5.11 Å². The number of hydrogen-bond donors (Lipinski definition) is 6. The van der Waals surface area contributed by atoms with E-state index >= 15 is 0 Å². The molecule has 36 heavy (non-hydrogen) atoms. The van der Waals surface area contributed by atoms with Crippen molar-refractivity contribution >= 4 is 34.2 Å². The van der Waals surface area contributed by atoms with Crippen LogP contribution in [-0.2, 0) is 6.54 Å². The van der Waals surface area contributed by atoms with Gasteiger partial charge in [0.2, 0.25) is 0 Å². The third-order valence-corrected chi connectivity index (χ3v) is 7.31. The van der Waals surface area contributed by atoms with Crippen LogP contribution in [0.2, 0.25) is 0 Å². The molecule has 0 amide bonds. The maximum Gasteiger partial charge on any atom is 0.152 e. The normalized spacial score (nSPS) is 15.5. The minimum atomic E-state index is -0.692. The number of rotatable bonds is 11. The van der Waals surface area contributed by atoms with Crippen molar-refractivity contribution in [3.05, 3.63) is 53.8 Å². The number of nitrogens with two attached hydrogens (primary N) is 3. The Bertz CT molecular complexity index is 1150. The van der Waals surface area contributed by atoms with E-state index in [0.717, 1.165) is 49.7 Å². The first-order valence-electron chi connectivity index (χ1n) is 12.1. The maximum absolute atomic E-state index is 9.71. The lowest BCUT2D eigenvalue weighted by atomic mass is 9.96. The van der Waals surface area contributed by atoms with Gasteiger partial charge in [-0.25, -0.2) is 9.97 Å². The SMILES string of the molecule is C=C(NCC1CCN(Cc2cnc(-c3ccccn3)s2)CC1)c1cc(N)c(N)c(NCC(O)CN)n1. The van der Waals surface area contributed by atoms with Crippen LogP contribution in [0.25, 0.3) is 16.4 Å². The zero-order chi connectivity index (χ0) is 25.5. The molecule has 0 bridgehead atoms. The maximum atomic E-state index is 9.71. The molecule has 1 unspecified atom stereocenters. The lowest BCUT2D eigenvalue weighted by Gasteiger charge is -2.32. The number of thiazole rings is 1. The largest absolute Gasteiger partial charge is 0.397 e. The van der Waals surface area contributed by atoms with Crippen molar-refractivity contribution in [2.24, 2.45) is 11.7 Å². The van der Waals surface area contributed by atoms with Gasteiger partial charge in [0.05, 0.1) is 34.6 Å². The Hall–Kier alpha value is -3.25. The van der Waals surface area contributed by atoms with Crippen molar-refractivity contribution in [1.29, 1.82) is 0 Å². The van der Waals surface area contributed by atoms with Crippen LogP contribution < -0.4 is 27.8 Å². The van der Waals surface area contributed by atoms with E-state index in [2.05, 4.69) is 37.1 Å². The van der Waals surface area contributed by atoms with Gasteiger partial charge in [-0.05, 0) is 50.0 Å². The molecular weight excluding hydrogens is 474 g/mol. The number of likely N-dealkylation sites (tertiary alicyclic amines) is 1. The molecule has 4 rings (SSSR count). The molecule has 0 spiro atoms. The second kappa shape index (κ2) is 12.1. The number of nitrogens with zero attached hydrogens (tertiary/aromatic N) is 4. The summed E-state index contributed by atoms with van der Waals surface area (Å²) in [6, 6.07) is 7.61. The highest BCUT2D eigenvalue weighted by atomic mass is 32.1. The monoisotopic (exact) mass is 509 g/mol. The van der Waals surface area contributed by atoms with Gasteiger partial charge < -0.3 is 32.9 Å². The Morgan fingerprint density at radius 2 is 2.06 bits per heavy atom. The van der Waals surface area contributed by atoms with Crippen molar-refractivity contribution in [3.63, 3.8) is 0 Å². The van der Waals surface area contributed by atoms with Gasteiger partial charge in [0.1, 0.15) is 5.01 Å². The lowest BCUT2D eigenvalue weighted by molar-refractivity contribution is 0.179. The molecule has 10 nitrogen and oxygen atoms in total. The zero-order valence-corrected chi connectivity index (χ0v) is 21.2. The third kappa shape index (κ3) is 6.70. The number of aliphatic hydroxyl groups is 1. The Kier molecular flexibility index (Phi) is 8.70. The van der Waals surface area contributed by atoms with Gasteiger partial charge in [-0.15, -0.1) is 11.3 Å². The molecular formula is C25H35N9OS. The Labute approximate surface area is 215 Å². The molecule has 1 saturated heterocycles. The van der Waals surface area contributed by atoms with Crippen molar-refractivity contribution in [2.45, 2.75) is 25.5 Å². The summed E-state index contributed by atoms with van der Waals surface area (Å²) < 4.78 is 0. The van der Waals surface area contributed by atoms with Gasteiger partial charge in [-0.1, -0.05) is 12.6 Å². The quantitative estimate of drug-likeness (QED) is 0.225. The number of nitrogens with one attached hydrogen (secondary N) is 2. The highest BCUT2D eigenvalue weighted by Gasteiger charge is 2.21. The molecule has 3 aromatic heterocycles. The Morgan fingerprint density at radius 3 is 2.78 bits per heavy atom. The topological polar surface area (TPSA) is 164 Å². The van der Waals surface area contributed by atoms with Gasteiger partial charge >= 0.3 is 0 Å². The number of anilines is 3. The van der Waals surface area contributed by atoms with E-state index in [1.165, 1.54) is 4.88 Å². The van der Waals surface area contributed by atoms with Crippen LogP contribution in [0.15, 0.2) is 43.2 Å². The summed E-state index contributed by atoms with van der Waals surface area (Å²) in [6.45, 7) is 8.34. The summed E-state index contributed by atoms with van der Waals surface area (Å²) in [7, 11) is 0. The van der Waals surface area contributed by atoms with Gasteiger partial charge in [0, 0.05) is 43.4 Å². The van der Waals surface area contributed by atoms with Crippen molar-refractivity contribution in [2.75, 3.05) is 49.5 Å². The van der Waals surface area contributed by atoms with E-state index in [1.54, 1.807) is 23.6 Å². The fourth-order valence-corrected chi connectivity index (χ4v) is 5.01. The highest BCUT2D eigenvalue weighted by molar-refractivity contribution is 7.14. The molecule has 11 heteroatoms. The summed E-state index contributed by atoms with van der Waals surface area (Å²) in [5.74, 6) is 0.968. The van der Waals surface area contributed by atoms with Crippen LogP contribution in [-0.4, -0.2) is 63.8 Å². The van der Waals surface area contributed by atoms with Crippen LogP contribution in [0.3, 0.4) is 0 Å². The highest BCUT2D eigenvalue weighted by Crippen LogP contribution is 2.28. The summed E-state index contributed by atoms with van der Waals surface area (Å²) in [6.07, 6.45) is 5.28. The first-order valence-corrected chi connectivity index (χ1v) is 12.9. The first kappa shape index (κ1) is 25.8. The second-order valence-corrected chi connectivity index (χ2v) is 10.2. The average Bonchev–Trinajstić information content (AvgIpc) is 3.37. The van der Waals surface area contributed by atoms with Crippen LogP contribution in [0.1, 0.15) is 23.4 Å². The van der Waals surface area contributed by atoms with Crippen molar-refractivity contribution < 1.29 is 5.11 Å². The standard InChI is InChI=1S/C25H35N9OS/c1-16(22-10-20(27)23(28)24(33-22)31-13-18(35)11-26)30-12-17-5-8-34(9-6-17)15-19-14-32-25(36-19)21-4-2-3-7-29-21/h2-4,7,10,14,17-18,30,35H,1,5-6,8-9,11-13,15,26,28H2,(H3,27,31,33). The molecule has 0 aliphatic carbocycles. The van der Waals surface area contributed by atoms with Crippen LogP contribution in [0.5, 0.6) is 0 Å². The zero-order valence-electron chi connectivity index (χ0n) is 20.4. The summed E-state index contributed by atoms with van der Waals surface area (Å²) in [4.78, 5) is 17.2. The van der Waals surface area contributed by atoms with Gasteiger partial charge in [-0.2, -0.15) is 0 Å². The van der Waals surface area contributed by atoms with E-state index in [1.807, 2.05) is 24.4 Å². The molecule has 1 fully saturated rings. The van der Waals surface area contributed by atoms with E-state index in [4.69, 9.17) is 17.2 Å². The second-order valence-electron chi connectivity index (χ2n) is 9.06. The fourth-order valence-electron chi connectivity index (χ4n) is 4.08. The van der Waals surface area contributed by atoms with Gasteiger partial charge in [0.25, 0.3) is 0 Å². The van der Waals surface area contributed by atoms with Crippen molar-refractivity contribution in [3.8, 4) is 10.7 Å². The minimum absolute atomic E-state index is 0.144. The number of hydrogen-bond acceptors (Lipinski definition) is 11. The van der Waals surface area contributed by atoms with Crippen LogP contribution in [0.4, 0.5) is 17.2 Å². The molecule has 3 aromatic rings. The van der Waals surface area contributed by atoms with Gasteiger partial charge in [-0.3, -0.25) is 9.88 Å². The first-order chi connectivity index (χ1) is 17.4. The number of aliphatic hydroxyl groups excluding tert-OH is 1. The molecule has 0 saturated carbocycles. The molecule has 192 valence electrons. The smallest absolute Gasteiger partial charge is 0.152 e. The predicted molar refractivity (Wildman–Crippen MR) is 147 cm³/mol. The molecule has 9 N–H and O–H groups in total.